The first-order valence-electron chi connectivity index (χ1n) is 7.75. The first kappa shape index (κ1) is 14.2. The third-order valence-corrected chi connectivity index (χ3v) is 4.50. The Labute approximate surface area is 124 Å². The van der Waals surface area contributed by atoms with E-state index in [2.05, 4.69) is 10.1 Å². The molecular formula is C14H23N5O2. The molecule has 1 aliphatic heterocycles. The largest absolute Gasteiger partial charge is 0.446 e. The Morgan fingerprint density at radius 3 is 2.48 bits per heavy atom. The molecule has 21 heavy (non-hydrogen) atoms. The van der Waals surface area contributed by atoms with Gasteiger partial charge in [-0.05, 0) is 38.5 Å². The van der Waals surface area contributed by atoms with Gasteiger partial charge in [0.2, 0.25) is 5.95 Å². The monoisotopic (exact) mass is 293 g/mol. The fourth-order valence-electron chi connectivity index (χ4n) is 3.13. The van der Waals surface area contributed by atoms with E-state index in [-0.39, 0.29) is 18.1 Å². The van der Waals surface area contributed by atoms with Gasteiger partial charge in [0, 0.05) is 26.1 Å². The molecular weight excluding hydrogens is 270 g/mol. The summed E-state index contributed by atoms with van der Waals surface area (Å²) in [6, 6.07) is 0. The van der Waals surface area contributed by atoms with E-state index in [4.69, 9.17) is 10.5 Å². The molecule has 0 spiro atoms. The van der Waals surface area contributed by atoms with E-state index in [1.54, 1.807) is 16.6 Å². The highest BCUT2D eigenvalue weighted by molar-refractivity contribution is 5.68. The summed E-state index contributed by atoms with van der Waals surface area (Å²) in [5.74, 6) is 1.51. The van der Waals surface area contributed by atoms with E-state index in [0.717, 1.165) is 31.5 Å². The van der Waals surface area contributed by atoms with E-state index in [0.29, 0.717) is 19.0 Å². The Morgan fingerprint density at radius 2 is 1.90 bits per heavy atom. The van der Waals surface area contributed by atoms with Crippen molar-refractivity contribution in [1.29, 1.82) is 0 Å². The first-order valence-corrected chi connectivity index (χ1v) is 7.75. The lowest BCUT2D eigenvalue weighted by Gasteiger charge is -2.30. The molecule has 1 aromatic rings. The molecule has 7 nitrogen and oxygen atoms in total. The number of carbonyl (C=O) groups is 1. The SMILES string of the molecule is Cn1nc(C2CCN(C(=O)OC3CCCC3)CC2)nc1N. The summed E-state index contributed by atoms with van der Waals surface area (Å²) in [6.45, 7) is 1.41. The number of aromatic nitrogens is 3. The van der Waals surface area contributed by atoms with Crippen LogP contribution in [0, 0.1) is 0 Å². The number of anilines is 1. The van der Waals surface area contributed by atoms with Gasteiger partial charge >= 0.3 is 6.09 Å². The molecule has 2 aliphatic rings. The predicted octanol–water partition coefficient (Wildman–Crippen LogP) is 1.66. The number of aryl methyl sites for hydroxylation is 1. The van der Waals surface area contributed by atoms with Crippen molar-refractivity contribution >= 4 is 12.0 Å². The summed E-state index contributed by atoms with van der Waals surface area (Å²) in [5.41, 5.74) is 5.72. The summed E-state index contributed by atoms with van der Waals surface area (Å²) in [4.78, 5) is 18.2. The summed E-state index contributed by atoms with van der Waals surface area (Å²) < 4.78 is 7.14. The van der Waals surface area contributed by atoms with Gasteiger partial charge in [0.1, 0.15) is 6.10 Å². The molecule has 7 heteroatoms. The zero-order chi connectivity index (χ0) is 14.8. The Bertz CT molecular complexity index is 482. The molecule has 0 aromatic carbocycles. The van der Waals surface area contributed by atoms with Gasteiger partial charge in [0.15, 0.2) is 5.82 Å². The Hall–Kier alpha value is -1.79. The van der Waals surface area contributed by atoms with Crippen molar-refractivity contribution in [3.63, 3.8) is 0 Å². The number of nitrogens with two attached hydrogens (primary N) is 1. The summed E-state index contributed by atoms with van der Waals surface area (Å²) >= 11 is 0. The van der Waals surface area contributed by atoms with Crippen molar-refractivity contribution < 1.29 is 9.53 Å². The van der Waals surface area contributed by atoms with Gasteiger partial charge < -0.3 is 15.4 Å². The average Bonchev–Trinajstić information content (AvgIpc) is 3.10. The Morgan fingerprint density at radius 1 is 1.24 bits per heavy atom. The smallest absolute Gasteiger partial charge is 0.410 e. The quantitative estimate of drug-likeness (QED) is 0.896. The summed E-state index contributed by atoms with van der Waals surface area (Å²) in [5, 5.41) is 4.33. The number of likely N-dealkylation sites (tertiary alicyclic amines) is 1. The molecule has 116 valence electrons. The standard InChI is InChI=1S/C14H23N5O2/c1-18-13(15)16-12(17-18)10-6-8-19(9-7-10)14(20)21-11-4-2-3-5-11/h10-11H,2-9H2,1H3,(H2,15,16,17). The van der Waals surface area contributed by atoms with Crippen molar-refractivity contribution in [3.05, 3.63) is 5.82 Å². The maximum Gasteiger partial charge on any atom is 0.410 e. The minimum atomic E-state index is -0.158. The highest BCUT2D eigenvalue weighted by Crippen LogP contribution is 2.27. The van der Waals surface area contributed by atoms with E-state index in [1.807, 2.05) is 0 Å². The lowest BCUT2D eigenvalue weighted by Crippen LogP contribution is -2.39. The van der Waals surface area contributed by atoms with Gasteiger partial charge in [-0.2, -0.15) is 10.1 Å². The maximum atomic E-state index is 12.1. The lowest BCUT2D eigenvalue weighted by molar-refractivity contribution is 0.0583. The van der Waals surface area contributed by atoms with Gasteiger partial charge in [-0.15, -0.1) is 0 Å². The summed E-state index contributed by atoms with van der Waals surface area (Å²) in [7, 11) is 1.79. The number of carbonyl (C=O) groups excluding carboxylic acids is 1. The molecule has 2 heterocycles. The van der Waals surface area contributed by atoms with Gasteiger partial charge in [0.05, 0.1) is 0 Å². The molecule has 1 saturated heterocycles. The molecule has 0 bridgehead atoms. The highest BCUT2D eigenvalue weighted by Gasteiger charge is 2.29. The summed E-state index contributed by atoms with van der Waals surface area (Å²) in [6.07, 6.45) is 6.08. The van der Waals surface area contributed by atoms with Gasteiger partial charge in [-0.1, -0.05) is 0 Å². The van der Waals surface area contributed by atoms with Crippen LogP contribution in [-0.2, 0) is 11.8 Å². The van der Waals surface area contributed by atoms with Crippen LogP contribution in [0.3, 0.4) is 0 Å². The molecule has 1 saturated carbocycles. The minimum Gasteiger partial charge on any atom is -0.446 e. The topological polar surface area (TPSA) is 86.3 Å². The van der Waals surface area contributed by atoms with E-state index in [1.165, 1.54) is 12.8 Å². The molecule has 0 radical (unpaired) electrons. The zero-order valence-electron chi connectivity index (χ0n) is 12.5. The molecule has 1 amide bonds. The van der Waals surface area contributed by atoms with Crippen LogP contribution in [0.25, 0.3) is 0 Å². The molecule has 2 N–H and O–H groups in total. The van der Waals surface area contributed by atoms with Crippen LogP contribution in [0.15, 0.2) is 0 Å². The Kier molecular flexibility index (Phi) is 3.98. The fourth-order valence-corrected chi connectivity index (χ4v) is 3.13. The fraction of sp³-hybridized carbons (Fsp3) is 0.786. The lowest BCUT2D eigenvalue weighted by atomic mass is 9.96. The molecule has 0 unspecified atom stereocenters. The van der Waals surface area contributed by atoms with E-state index < -0.39 is 0 Å². The van der Waals surface area contributed by atoms with Crippen molar-refractivity contribution in [3.8, 4) is 0 Å². The van der Waals surface area contributed by atoms with Crippen LogP contribution in [0.5, 0.6) is 0 Å². The van der Waals surface area contributed by atoms with Crippen LogP contribution in [0.1, 0.15) is 50.3 Å². The molecule has 1 aliphatic carbocycles. The van der Waals surface area contributed by atoms with Crippen molar-refractivity contribution in [1.82, 2.24) is 19.7 Å². The number of rotatable bonds is 2. The number of hydrogen-bond acceptors (Lipinski definition) is 5. The van der Waals surface area contributed by atoms with Crippen LogP contribution < -0.4 is 5.73 Å². The number of hydrogen-bond donors (Lipinski definition) is 1. The zero-order valence-corrected chi connectivity index (χ0v) is 12.5. The van der Waals surface area contributed by atoms with E-state index in [9.17, 15) is 4.79 Å². The second-order valence-corrected chi connectivity index (χ2v) is 6.00. The van der Waals surface area contributed by atoms with Crippen molar-refractivity contribution in [2.75, 3.05) is 18.8 Å². The second kappa shape index (κ2) is 5.91. The highest BCUT2D eigenvalue weighted by atomic mass is 16.6. The minimum absolute atomic E-state index is 0.132. The van der Waals surface area contributed by atoms with Crippen LogP contribution in [-0.4, -0.2) is 45.0 Å². The second-order valence-electron chi connectivity index (χ2n) is 6.00. The number of nitrogens with zero attached hydrogens (tertiary/aromatic N) is 4. The number of piperidine rings is 1. The van der Waals surface area contributed by atoms with Crippen molar-refractivity contribution in [2.45, 2.75) is 50.5 Å². The van der Waals surface area contributed by atoms with Gasteiger partial charge in [-0.3, -0.25) is 0 Å². The third-order valence-electron chi connectivity index (χ3n) is 4.50. The number of amides is 1. The predicted molar refractivity (Wildman–Crippen MR) is 77.7 cm³/mol. The van der Waals surface area contributed by atoms with Crippen molar-refractivity contribution in [2.24, 2.45) is 7.05 Å². The molecule has 0 atom stereocenters. The normalized spacial score (nSPS) is 20.9. The molecule has 3 rings (SSSR count). The number of nitrogen functional groups attached to an aromatic ring is 1. The maximum absolute atomic E-state index is 12.1. The third kappa shape index (κ3) is 3.11. The Balaban J connectivity index is 1.51. The molecule has 1 aromatic heterocycles. The van der Waals surface area contributed by atoms with Crippen LogP contribution >= 0.6 is 0 Å². The molecule has 2 fully saturated rings. The van der Waals surface area contributed by atoms with Gasteiger partial charge in [-0.25, -0.2) is 9.48 Å². The first-order chi connectivity index (χ1) is 10.1. The average molecular weight is 293 g/mol. The van der Waals surface area contributed by atoms with Crippen LogP contribution in [0.2, 0.25) is 0 Å². The van der Waals surface area contributed by atoms with E-state index >= 15 is 0 Å². The number of ether oxygens (including phenoxy) is 1. The van der Waals surface area contributed by atoms with Gasteiger partial charge in [0.25, 0.3) is 0 Å². The van der Waals surface area contributed by atoms with Crippen LogP contribution in [0.4, 0.5) is 10.7 Å².